The molecule has 0 aliphatic heterocycles. The summed E-state index contributed by atoms with van der Waals surface area (Å²) in [5.41, 5.74) is 0.400. The highest BCUT2D eigenvalue weighted by atomic mass is 79.9. The van der Waals surface area contributed by atoms with Crippen LogP contribution in [0.25, 0.3) is 0 Å². The first-order chi connectivity index (χ1) is 12.3. The van der Waals surface area contributed by atoms with Gasteiger partial charge in [0.1, 0.15) is 18.9 Å². The first-order valence-corrected chi connectivity index (χ1v) is 10.7. The maximum atomic E-state index is 12.1. The van der Waals surface area contributed by atoms with E-state index < -0.39 is 15.9 Å². The lowest BCUT2D eigenvalue weighted by Crippen LogP contribution is -2.41. The number of rotatable bonds is 8. The van der Waals surface area contributed by atoms with E-state index in [2.05, 4.69) is 21.2 Å². The van der Waals surface area contributed by atoms with Gasteiger partial charge in [-0.15, -0.1) is 0 Å². The van der Waals surface area contributed by atoms with E-state index in [1.807, 2.05) is 0 Å². The summed E-state index contributed by atoms with van der Waals surface area (Å²) < 4.78 is 31.2. The number of halogens is 2. The summed E-state index contributed by atoms with van der Waals surface area (Å²) in [5.74, 6) is 0.0864. The van der Waals surface area contributed by atoms with Crippen LogP contribution in [0.1, 0.15) is 0 Å². The second kappa shape index (κ2) is 9.25. The number of benzene rings is 2. The second-order valence-electron chi connectivity index (χ2n) is 5.35. The van der Waals surface area contributed by atoms with Gasteiger partial charge in [0, 0.05) is 4.47 Å². The molecule has 0 heterocycles. The van der Waals surface area contributed by atoms with Gasteiger partial charge in [-0.3, -0.25) is 9.10 Å². The quantitative estimate of drug-likeness (QED) is 0.613. The van der Waals surface area contributed by atoms with Crippen LogP contribution < -0.4 is 14.4 Å². The zero-order valence-electron chi connectivity index (χ0n) is 14.0. The number of ether oxygens (including phenoxy) is 1. The molecule has 2 rings (SSSR count). The number of carbonyl (C=O) groups is 1. The van der Waals surface area contributed by atoms with Gasteiger partial charge in [-0.05, 0) is 40.2 Å². The third-order valence-electron chi connectivity index (χ3n) is 3.33. The van der Waals surface area contributed by atoms with Crippen molar-refractivity contribution in [1.29, 1.82) is 0 Å². The Hall–Kier alpha value is -1.77. The predicted octanol–water partition coefficient (Wildman–Crippen LogP) is 3.06. The smallest absolute Gasteiger partial charge is 0.240 e. The van der Waals surface area contributed by atoms with Crippen molar-refractivity contribution in [3.8, 4) is 5.75 Å². The minimum atomic E-state index is -3.62. The first kappa shape index (κ1) is 20.5. The molecule has 0 atom stereocenters. The van der Waals surface area contributed by atoms with Crippen molar-refractivity contribution < 1.29 is 17.9 Å². The number of amides is 1. The van der Waals surface area contributed by atoms with Crippen molar-refractivity contribution in [3.63, 3.8) is 0 Å². The number of sulfonamides is 1. The topological polar surface area (TPSA) is 75.7 Å². The highest BCUT2D eigenvalue weighted by Gasteiger charge is 2.22. The summed E-state index contributed by atoms with van der Waals surface area (Å²) in [5, 5.41) is 3.12. The molecule has 6 nitrogen and oxygen atoms in total. The van der Waals surface area contributed by atoms with Crippen LogP contribution in [0.4, 0.5) is 5.69 Å². The Bertz CT molecular complexity index is 877. The molecule has 0 spiro atoms. The van der Waals surface area contributed by atoms with E-state index in [1.165, 1.54) is 0 Å². The molecule has 9 heteroatoms. The Balaban J connectivity index is 1.92. The average Bonchev–Trinajstić information content (AvgIpc) is 2.58. The normalized spacial score (nSPS) is 11.0. The van der Waals surface area contributed by atoms with Crippen LogP contribution in [0.2, 0.25) is 5.02 Å². The first-order valence-electron chi connectivity index (χ1n) is 7.65. The Kier molecular flexibility index (Phi) is 7.31. The molecule has 0 unspecified atom stereocenters. The van der Waals surface area contributed by atoms with Gasteiger partial charge in [-0.1, -0.05) is 35.9 Å². The van der Waals surface area contributed by atoms with E-state index in [4.69, 9.17) is 16.3 Å². The van der Waals surface area contributed by atoms with E-state index in [0.717, 1.165) is 10.6 Å². The zero-order valence-corrected chi connectivity index (χ0v) is 17.1. The number of anilines is 1. The summed E-state index contributed by atoms with van der Waals surface area (Å²) in [6.45, 7) is 0.106. The van der Waals surface area contributed by atoms with Gasteiger partial charge in [-0.2, -0.15) is 0 Å². The summed E-state index contributed by atoms with van der Waals surface area (Å²) in [4.78, 5) is 12.1. The van der Waals surface area contributed by atoms with Crippen LogP contribution >= 0.6 is 27.5 Å². The van der Waals surface area contributed by atoms with E-state index in [1.54, 1.807) is 48.5 Å². The lowest BCUT2D eigenvalue weighted by atomic mass is 10.3. The summed E-state index contributed by atoms with van der Waals surface area (Å²) in [7, 11) is -3.62. The monoisotopic (exact) mass is 460 g/mol. The van der Waals surface area contributed by atoms with Gasteiger partial charge in [-0.25, -0.2) is 8.42 Å². The number of carbonyl (C=O) groups excluding carboxylic acids is 1. The van der Waals surface area contributed by atoms with Crippen LogP contribution in [-0.4, -0.2) is 40.3 Å². The van der Waals surface area contributed by atoms with Crippen molar-refractivity contribution in [3.05, 3.63) is 58.0 Å². The average molecular weight is 462 g/mol. The molecule has 0 aliphatic rings. The summed E-state index contributed by atoms with van der Waals surface area (Å²) >= 11 is 9.28. The summed E-state index contributed by atoms with van der Waals surface area (Å²) in [6.07, 6.45) is 1.06. The molecule has 1 amide bonds. The molecule has 140 valence electrons. The number of nitrogens with one attached hydrogen (secondary N) is 1. The van der Waals surface area contributed by atoms with Crippen molar-refractivity contribution in [2.24, 2.45) is 0 Å². The van der Waals surface area contributed by atoms with E-state index in [9.17, 15) is 13.2 Å². The Morgan fingerprint density at radius 3 is 2.50 bits per heavy atom. The molecule has 0 saturated heterocycles. The largest absolute Gasteiger partial charge is 0.490 e. The Labute approximate surface area is 166 Å². The van der Waals surface area contributed by atoms with Gasteiger partial charge >= 0.3 is 0 Å². The number of hydrogen-bond acceptors (Lipinski definition) is 4. The second-order valence-corrected chi connectivity index (χ2v) is 8.52. The minimum absolute atomic E-state index is 0.212. The van der Waals surface area contributed by atoms with Gasteiger partial charge in [0.2, 0.25) is 15.9 Å². The van der Waals surface area contributed by atoms with Crippen LogP contribution in [0.3, 0.4) is 0 Å². The fraction of sp³-hybridized carbons (Fsp3) is 0.235. The van der Waals surface area contributed by atoms with Crippen LogP contribution in [0.5, 0.6) is 5.75 Å². The Morgan fingerprint density at radius 1 is 1.19 bits per heavy atom. The molecule has 0 aromatic heterocycles. The lowest BCUT2D eigenvalue weighted by molar-refractivity contribution is -0.119. The number of nitrogens with zero attached hydrogens (tertiary/aromatic N) is 1. The summed E-state index contributed by atoms with van der Waals surface area (Å²) in [6, 6.07) is 13.8. The van der Waals surface area contributed by atoms with Gasteiger partial charge in [0.25, 0.3) is 0 Å². The lowest BCUT2D eigenvalue weighted by Gasteiger charge is -2.23. The molecule has 0 radical (unpaired) electrons. The number of para-hydroxylation sites is 2. The van der Waals surface area contributed by atoms with Crippen LogP contribution in [0, 0.1) is 0 Å². The maximum Gasteiger partial charge on any atom is 0.240 e. The molecule has 26 heavy (non-hydrogen) atoms. The highest BCUT2D eigenvalue weighted by Crippen LogP contribution is 2.27. The molecule has 0 bridgehead atoms. The molecule has 0 fully saturated rings. The molecule has 1 N–H and O–H groups in total. The molecular weight excluding hydrogens is 444 g/mol. The zero-order chi connectivity index (χ0) is 19.2. The fourth-order valence-electron chi connectivity index (χ4n) is 2.13. The van der Waals surface area contributed by atoms with Gasteiger partial charge in [0.15, 0.2) is 0 Å². The van der Waals surface area contributed by atoms with E-state index in [-0.39, 0.29) is 19.7 Å². The van der Waals surface area contributed by atoms with Crippen LogP contribution in [0.15, 0.2) is 53.0 Å². The van der Waals surface area contributed by atoms with E-state index >= 15 is 0 Å². The van der Waals surface area contributed by atoms with Crippen molar-refractivity contribution in [2.45, 2.75) is 0 Å². The molecule has 2 aromatic rings. The Morgan fingerprint density at radius 2 is 1.85 bits per heavy atom. The number of hydrogen-bond donors (Lipinski definition) is 1. The fourth-order valence-corrected chi connectivity index (χ4v) is 3.81. The van der Waals surface area contributed by atoms with Crippen molar-refractivity contribution in [2.75, 3.05) is 30.3 Å². The van der Waals surface area contributed by atoms with E-state index in [0.29, 0.717) is 20.9 Å². The van der Waals surface area contributed by atoms with Gasteiger partial charge < -0.3 is 10.1 Å². The van der Waals surface area contributed by atoms with Crippen molar-refractivity contribution in [1.82, 2.24) is 5.32 Å². The molecule has 0 aliphatic carbocycles. The SMILES string of the molecule is CS(=O)(=O)N(CC(=O)NCCOc1ccccc1Cl)c1ccccc1Br. The molecular formula is C17H18BrClN2O4S. The van der Waals surface area contributed by atoms with Crippen molar-refractivity contribution >= 4 is 49.1 Å². The van der Waals surface area contributed by atoms with Gasteiger partial charge in [0.05, 0.1) is 23.5 Å². The minimum Gasteiger partial charge on any atom is -0.490 e. The van der Waals surface area contributed by atoms with Crippen LogP contribution in [-0.2, 0) is 14.8 Å². The third-order valence-corrected chi connectivity index (χ3v) is 5.44. The maximum absolute atomic E-state index is 12.1. The standard InChI is InChI=1S/C17H18BrClN2O4S/c1-26(23,24)21(15-8-4-2-6-13(15)18)12-17(22)20-10-11-25-16-9-5-3-7-14(16)19/h2-9H,10-12H2,1H3,(H,20,22). The molecule has 2 aromatic carbocycles. The predicted molar refractivity (Wildman–Crippen MR) is 106 cm³/mol. The molecule has 0 saturated carbocycles. The highest BCUT2D eigenvalue weighted by molar-refractivity contribution is 9.10. The third kappa shape index (κ3) is 5.89.